The van der Waals surface area contributed by atoms with E-state index in [-0.39, 0.29) is 17.6 Å². The molecule has 148 valence electrons. The molecule has 0 bridgehead atoms. The van der Waals surface area contributed by atoms with Gasteiger partial charge in [-0.15, -0.1) is 0 Å². The summed E-state index contributed by atoms with van der Waals surface area (Å²) in [7, 11) is 0. The van der Waals surface area contributed by atoms with E-state index in [1.54, 1.807) is 41.0 Å². The van der Waals surface area contributed by atoms with Crippen LogP contribution in [0.2, 0.25) is 0 Å². The van der Waals surface area contributed by atoms with Crippen LogP contribution in [0.4, 0.5) is 10.2 Å². The predicted octanol–water partition coefficient (Wildman–Crippen LogP) is 1.88. The van der Waals surface area contributed by atoms with Gasteiger partial charge in [0.05, 0.1) is 0 Å². The molecule has 1 aromatic heterocycles. The van der Waals surface area contributed by atoms with Crippen molar-refractivity contribution in [1.29, 1.82) is 0 Å². The molecule has 3 rings (SSSR count). The Morgan fingerprint density at radius 1 is 1.11 bits per heavy atom. The Morgan fingerprint density at radius 2 is 1.79 bits per heavy atom. The van der Waals surface area contributed by atoms with Gasteiger partial charge in [-0.2, -0.15) is 0 Å². The van der Waals surface area contributed by atoms with Gasteiger partial charge < -0.3 is 15.1 Å². The number of carbonyl (C=O) groups is 2. The van der Waals surface area contributed by atoms with Gasteiger partial charge >= 0.3 is 0 Å². The molecule has 2 heterocycles. The van der Waals surface area contributed by atoms with E-state index < -0.39 is 0 Å². The Bertz CT molecular complexity index is 865. The van der Waals surface area contributed by atoms with E-state index >= 15 is 0 Å². The molecular weight excluding hydrogens is 361 g/mol. The number of halogens is 1. The normalized spacial score (nSPS) is 14.1. The number of nitrogens with one attached hydrogen (secondary N) is 1. The second-order valence-corrected chi connectivity index (χ2v) is 6.75. The van der Waals surface area contributed by atoms with Crippen molar-refractivity contribution in [3.63, 3.8) is 0 Å². The van der Waals surface area contributed by atoms with Crippen LogP contribution < -0.4 is 5.32 Å². The van der Waals surface area contributed by atoms with E-state index in [2.05, 4.69) is 15.3 Å². The molecular formula is C20H24FN5O2. The first kappa shape index (κ1) is 19.7. The number of benzene rings is 1. The first-order valence-corrected chi connectivity index (χ1v) is 9.32. The van der Waals surface area contributed by atoms with Crippen LogP contribution in [0.3, 0.4) is 0 Å². The average Bonchev–Trinajstić information content (AvgIpc) is 2.68. The van der Waals surface area contributed by atoms with Crippen molar-refractivity contribution in [3.05, 3.63) is 53.2 Å². The monoisotopic (exact) mass is 385 g/mol. The number of hydrogen-bond acceptors (Lipinski definition) is 5. The highest BCUT2D eigenvalue weighted by molar-refractivity contribution is 5.93. The second kappa shape index (κ2) is 8.77. The van der Waals surface area contributed by atoms with Gasteiger partial charge in [-0.3, -0.25) is 9.59 Å². The minimum atomic E-state index is -0.233. The van der Waals surface area contributed by atoms with Crippen LogP contribution in [-0.4, -0.2) is 64.3 Å². The molecule has 0 atom stereocenters. The lowest BCUT2D eigenvalue weighted by atomic mass is 10.1. The van der Waals surface area contributed by atoms with Gasteiger partial charge in [0, 0.05) is 45.7 Å². The molecule has 1 aromatic carbocycles. The van der Waals surface area contributed by atoms with Crippen LogP contribution in [-0.2, 0) is 11.2 Å². The van der Waals surface area contributed by atoms with Gasteiger partial charge in [-0.25, -0.2) is 14.4 Å². The van der Waals surface area contributed by atoms with E-state index in [9.17, 15) is 14.0 Å². The summed E-state index contributed by atoms with van der Waals surface area (Å²) in [6.45, 7) is 5.77. The number of carbonyl (C=O) groups excluding carboxylic acids is 2. The largest absolute Gasteiger partial charge is 0.370 e. The number of aryl methyl sites for hydroxylation is 1. The predicted molar refractivity (Wildman–Crippen MR) is 104 cm³/mol. The average molecular weight is 385 g/mol. The van der Waals surface area contributed by atoms with E-state index in [1.807, 2.05) is 0 Å². The summed E-state index contributed by atoms with van der Waals surface area (Å²) in [6, 6.07) is 8.27. The minimum Gasteiger partial charge on any atom is -0.370 e. The molecule has 1 fully saturated rings. The van der Waals surface area contributed by atoms with E-state index in [1.165, 1.54) is 13.0 Å². The zero-order valence-corrected chi connectivity index (χ0v) is 16.1. The molecule has 0 radical (unpaired) electrons. The summed E-state index contributed by atoms with van der Waals surface area (Å²) in [4.78, 5) is 36.2. The van der Waals surface area contributed by atoms with Crippen LogP contribution >= 0.6 is 0 Å². The summed E-state index contributed by atoms with van der Waals surface area (Å²) >= 11 is 0. The molecule has 0 unspecified atom stereocenters. The number of nitrogens with zero attached hydrogens (tertiary/aromatic N) is 4. The van der Waals surface area contributed by atoms with Gasteiger partial charge in [-0.1, -0.05) is 18.2 Å². The van der Waals surface area contributed by atoms with E-state index in [4.69, 9.17) is 0 Å². The summed E-state index contributed by atoms with van der Waals surface area (Å²) in [6.07, 6.45) is 0.506. The second-order valence-electron chi connectivity index (χ2n) is 6.75. The third-order valence-corrected chi connectivity index (χ3v) is 4.73. The van der Waals surface area contributed by atoms with Gasteiger partial charge in [-0.05, 0) is 25.0 Å². The Balaban J connectivity index is 1.62. The highest BCUT2D eigenvalue weighted by Crippen LogP contribution is 2.13. The summed E-state index contributed by atoms with van der Waals surface area (Å²) in [5.41, 5.74) is 0.942. The fourth-order valence-corrected chi connectivity index (χ4v) is 3.18. The molecule has 28 heavy (non-hydrogen) atoms. The third kappa shape index (κ3) is 4.82. The maximum Gasteiger partial charge on any atom is 0.272 e. The van der Waals surface area contributed by atoms with Crippen LogP contribution in [0.1, 0.15) is 28.8 Å². The van der Waals surface area contributed by atoms with Crippen molar-refractivity contribution < 1.29 is 14.0 Å². The Morgan fingerprint density at radius 3 is 2.46 bits per heavy atom. The summed E-state index contributed by atoms with van der Waals surface area (Å²) in [5, 5.41) is 3.14. The zero-order valence-electron chi connectivity index (χ0n) is 16.1. The van der Waals surface area contributed by atoms with Gasteiger partial charge in [0.25, 0.3) is 5.91 Å². The maximum absolute atomic E-state index is 13.7. The topological polar surface area (TPSA) is 78.4 Å². The molecule has 7 nitrogen and oxygen atoms in total. The first-order valence-electron chi connectivity index (χ1n) is 9.32. The van der Waals surface area contributed by atoms with Crippen LogP contribution in [0.25, 0.3) is 0 Å². The van der Waals surface area contributed by atoms with Crippen molar-refractivity contribution in [3.8, 4) is 0 Å². The summed E-state index contributed by atoms with van der Waals surface area (Å²) in [5.74, 6) is 0.636. The molecule has 0 spiro atoms. The van der Waals surface area contributed by atoms with Crippen molar-refractivity contribution in [2.24, 2.45) is 0 Å². The standard InChI is InChI=1S/C20H24FN5O2/c1-14-23-18(20(28)26-11-9-25(10-12-26)15(2)27)13-19(24-14)22-8-7-16-5-3-4-6-17(16)21/h3-6,13H,7-12H2,1-2H3,(H,22,23,24). The van der Waals surface area contributed by atoms with Gasteiger partial charge in [0.15, 0.2) is 0 Å². The van der Waals surface area contributed by atoms with Crippen molar-refractivity contribution in [1.82, 2.24) is 19.8 Å². The lowest BCUT2D eigenvalue weighted by Crippen LogP contribution is -2.50. The molecule has 0 aliphatic carbocycles. The maximum atomic E-state index is 13.7. The number of rotatable bonds is 5. The Hall–Kier alpha value is -3.03. The highest BCUT2D eigenvalue weighted by atomic mass is 19.1. The molecule has 1 aliphatic heterocycles. The van der Waals surface area contributed by atoms with Gasteiger partial charge in [0.2, 0.25) is 5.91 Å². The minimum absolute atomic E-state index is 0.0197. The molecule has 8 heteroatoms. The lowest BCUT2D eigenvalue weighted by molar-refractivity contribution is -0.130. The SMILES string of the molecule is CC(=O)N1CCN(C(=O)c2cc(NCCc3ccccc3F)nc(C)n2)CC1. The highest BCUT2D eigenvalue weighted by Gasteiger charge is 2.24. The quantitative estimate of drug-likeness (QED) is 0.850. The number of anilines is 1. The lowest BCUT2D eigenvalue weighted by Gasteiger charge is -2.34. The third-order valence-electron chi connectivity index (χ3n) is 4.73. The van der Waals surface area contributed by atoms with Crippen LogP contribution in [0.15, 0.2) is 30.3 Å². The van der Waals surface area contributed by atoms with E-state index in [0.717, 1.165) is 0 Å². The number of aromatic nitrogens is 2. The van der Waals surface area contributed by atoms with Crippen molar-refractivity contribution in [2.75, 3.05) is 38.0 Å². The Kier molecular flexibility index (Phi) is 6.18. The molecule has 2 amide bonds. The molecule has 1 saturated heterocycles. The number of amides is 2. The fraction of sp³-hybridized carbons (Fsp3) is 0.400. The molecule has 0 saturated carbocycles. The first-order chi connectivity index (χ1) is 13.4. The number of hydrogen-bond donors (Lipinski definition) is 1. The molecule has 1 N–H and O–H groups in total. The van der Waals surface area contributed by atoms with E-state index in [0.29, 0.717) is 62.0 Å². The molecule has 2 aromatic rings. The van der Waals surface area contributed by atoms with Crippen molar-refractivity contribution >= 4 is 17.6 Å². The van der Waals surface area contributed by atoms with Crippen molar-refractivity contribution in [2.45, 2.75) is 20.3 Å². The van der Waals surface area contributed by atoms with Crippen LogP contribution in [0, 0.1) is 12.7 Å². The van der Waals surface area contributed by atoms with Crippen LogP contribution in [0.5, 0.6) is 0 Å². The number of piperazine rings is 1. The zero-order chi connectivity index (χ0) is 20.1. The molecule has 1 aliphatic rings. The fourth-order valence-electron chi connectivity index (χ4n) is 3.18. The Labute approximate surface area is 163 Å². The smallest absolute Gasteiger partial charge is 0.272 e. The van der Waals surface area contributed by atoms with Gasteiger partial charge in [0.1, 0.15) is 23.2 Å². The summed E-state index contributed by atoms with van der Waals surface area (Å²) < 4.78 is 13.7.